The first-order chi connectivity index (χ1) is 5.96. The van der Waals surface area contributed by atoms with Crippen molar-refractivity contribution < 1.29 is 13.6 Å². The van der Waals surface area contributed by atoms with Gasteiger partial charge < -0.3 is 0 Å². The molecular weight excluding hydrogens is 216 g/mol. The van der Waals surface area contributed by atoms with Gasteiger partial charge in [0, 0.05) is 19.4 Å². The van der Waals surface area contributed by atoms with Crippen LogP contribution in [-0.4, -0.2) is 30.1 Å². The van der Waals surface area contributed by atoms with E-state index in [9.17, 15) is 8.42 Å². The fourth-order valence-corrected chi connectivity index (χ4v) is 1.89. The van der Waals surface area contributed by atoms with Gasteiger partial charge >= 0.3 is 0 Å². The summed E-state index contributed by atoms with van der Waals surface area (Å²) < 4.78 is 22.7. The van der Waals surface area contributed by atoms with E-state index in [1.807, 2.05) is 0 Å². The van der Waals surface area contributed by atoms with Crippen LogP contribution in [0.3, 0.4) is 0 Å². The lowest BCUT2D eigenvalue weighted by Gasteiger charge is -2.09. The maximum absolute atomic E-state index is 11.3. The van der Waals surface area contributed by atoms with Crippen LogP contribution < -0.4 is 0 Å². The van der Waals surface area contributed by atoms with E-state index in [0.717, 1.165) is 13.2 Å². The van der Waals surface area contributed by atoms with Crippen LogP contribution in [0.2, 0.25) is 5.02 Å². The standard InChI is InChI=1S/C6H7ClN2O3S/c1-9(10)13(11,12)6-4-8-3-2-5(6)7/h2-4,10H,1H3. The van der Waals surface area contributed by atoms with Gasteiger partial charge in [-0.15, -0.1) is 0 Å². The third-order valence-electron chi connectivity index (χ3n) is 1.36. The zero-order chi connectivity index (χ0) is 10.1. The van der Waals surface area contributed by atoms with Gasteiger partial charge in [0.05, 0.1) is 5.02 Å². The molecule has 1 heterocycles. The summed E-state index contributed by atoms with van der Waals surface area (Å²) in [5.74, 6) is 0. The third-order valence-corrected chi connectivity index (χ3v) is 3.38. The molecule has 1 rings (SSSR count). The molecule has 1 aromatic heterocycles. The topological polar surface area (TPSA) is 70.5 Å². The molecule has 0 spiro atoms. The zero-order valence-corrected chi connectivity index (χ0v) is 8.25. The van der Waals surface area contributed by atoms with Crippen molar-refractivity contribution in [3.8, 4) is 0 Å². The minimum absolute atomic E-state index is 0.0240. The van der Waals surface area contributed by atoms with Crippen molar-refractivity contribution in [2.24, 2.45) is 0 Å². The number of rotatable bonds is 2. The number of hydrogen-bond donors (Lipinski definition) is 1. The van der Waals surface area contributed by atoms with E-state index in [-0.39, 0.29) is 14.4 Å². The predicted octanol–water partition coefficient (Wildman–Crippen LogP) is 0.745. The van der Waals surface area contributed by atoms with Crippen molar-refractivity contribution in [2.45, 2.75) is 4.90 Å². The second kappa shape index (κ2) is 3.59. The fraction of sp³-hybridized carbons (Fsp3) is 0.167. The molecule has 13 heavy (non-hydrogen) atoms. The molecule has 72 valence electrons. The number of halogens is 1. The lowest BCUT2D eigenvalue weighted by Crippen LogP contribution is -2.23. The van der Waals surface area contributed by atoms with E-state index in [2.05, 4.69) is 4.98 Å². The summed E-state index contributed by atoms with van der Waals surface area (Å²) in [6, 6.07) is 1.33. The minimum Gasteiger partial charge on any atom is -0.299 e. The van der Waals surface area contributed by atoms with Gasteiger partial charge in [-0.3, -0.25) is 10.2 Å². The Morgan fingerprint density at radius 1 is 1.62 bits per heavy atom. The molecule has 1 aromatic rings. The molecule has 1 N–H and O–H groups in total. The molecule has 0 aromatic carbocycles. The molecule has 0 aliphatic rings. The van der Waals surface area contributed by atoms with E-state index in [1.165, 1.54) is 12.3 Å². The van der Waals surface area contributed by atoms with Crippen molar-refractivity contribution in [2.75, 3.05) is 7.05 Å². The number of nitrogens with zero attached hydrogens (tertiary/aromatic N) is 2. The average molecular weight is 223 g/mol. The van der Waals surface area contributed by atoms with Crippen LogP contribution in [0.1, 0.15) is 0 Å². The summed E-state index contributed by atoms with van der Waals surface area (Å²) >= 11 is 5.60. The Hall–Kier alpha value is -0.690. The highest BCUT2D eigenvalue weighted by Gasteiger charge is 2.21. The molecule has 0 aliphatic carbocycles. The molecule has 0 saturated heterocycles. The van der Waals surface area contributed by atoms with Gasteiger partial charge in [0.25, 0.3) is 10.0 Å². The van der Waals surface area contributed by atoms with Gasteiger partial charge in [0.2, 0.25) is 0 Å². The summed E-state index contributed by atoms with van der Waals surface area (Å²) in [6.45, 7) is 0. The van der Waals surface area contributed by atoms with Crippen LogP contribution in [-0.2, 0) is 10.0 Å². The van der Waals surface area contributed by atoms with Crippen molar-refractivity contribution in [1.82, 2.24) is 9.45 Å². The fourth-order valence-electron chi connectivity index (χ4n) is 0.695. The zero-order valence-electron chi connectivity index (χ0n) is 6.68. The van der Waals surface area contributed by atoms with Gasteiger partial charge in [0.1, 0.15) is 4.90 Å². The predicted molar refractivity (Wildman–Crippen MR) is 46.0 cm³/mol. The van der Waals surface area contributed by atoms with E-state index in [0.29, 0.717) is 0 Å². The Kier molecular flexibility index (Phi) is 2.87. The summed E-state index contributed by atoms with van der Waals surface area (Å²) in [6.07, 6.45) is 2.43. The summed E-state index contributed by atoms with van der Waals surface area (Å²) in [5, 5.41) is 8.84. The van der Waals surface area contributed by atoms with Gasteiger partial charge in [-0.05, 0) is 6.07 Å². The normalized spacial score (nSPS) is 12.0. The first-order valence-corrected chi connectivity index (χ1v) is 5.05. The van der Waals surface area contributed by atoms with Gasteiger partial charge in [-0.2, -0.15) is 0 Å². The number of pyridine rings is 1. The summed E-state index contributed by atoms with van der Waals surface area (Å²) in [7, 11) is -2.91. The molecule has 0 bridgehead atoms. The van der Waals surface area contributed by atoms with Crippen LogP contribution in [0.4, 0.5) is 0 Å². The molecule has 0 atom stereocenters. The van der Waals surface area contributed by atoms with Crippen LogP contribution in [0.25, 0.3) is 0 Å². The lowest BCUT2D eigenvalue weighted by atomic mass is 10.5. The molecule has 0 unspecified atom stereocenters. The molecule has 0 amide bonds. The average Bonchev–Trinajstić information content (AvgIpc) is 2.04. The van der Waals surface area contributed by atoms with E-state index < -0.39 is 10.0 Å². The van der Waals surface area contributed by atoms with Crippen LogP contribution in [0, 0.1) is 0 Å². The van der Waals surface area contributed by atoms with Crippen molar-refractivity contribution >= 4 is 21.6 Å². The Bertz CT molecular complexity index is 404. The van der Waals surface area contributed by atoms with Gasteiger partial charge in [-0.1, -0.05) is 16.1 Å². The number of hydroxylamine groups is 1. The van der Waals surface area contributed by atoms with Crippen molar-refractivity contribution in [3.05, 3.63) is 23.5 Å². The second-order valence-corrected chi connectivity index (χ2v) is 4.57. The molecule has 7 heteroatoms. The highest BCUT2D eigenvalue weighted by atomic mass is 35.5. The quantitative estimate of drug-likeness (QED) is 0.750. The van der Waals surface area contributed by atoms with Crippen LogP contribution in [0.15, 0.2) is 23.4 Å². The maximum atomic E-state index is 11.3. The molecule has 5 nitrogen and oxygen atoms in total. The number of aromatic nitrogens is 1. The number of sulfonamides is 1. The first kappa shape index (κ1) is 10.4. The molecule has 0 saturated carbocycles. The second-order valence-electron chi connectivity index (χ2n) is 2.25. The smallest absolute Gasteiger partial charge is 0.267 e. The summed E-state index contributed by atoms with van der Waals surface area (Å²) in [5.41, 5.74) is 0. The van der Waals surface area contributed by atoms with Gasteiger partial charge in [0.15, 0.2) is 0 Å². The maximum Gasteiger partial charge on any atom is 0.267 e. The molecule has 0 fully saturated rings. The first-order valence-electron chi connectivity index (χ1n) is 3.23. The third kappa shape index (κ3) is 1.97. The van der Waals surface area contributed by atoms with Crippen LogP contribution in [0.5, 0.6) is 0 Å². The van der Waals surface area contributed by atoms with Crippen molar-refractivity contribution in [1.29, 1.82) is 0 Å². The summed E-state index contributed by atoms with van der Waals surface area (Å²) in [4.78, 5) is 3.37. The highest BCUT2D eigenvalue weighted by molar-refractivity contribution is 7.89. The molecular formula is C6H7ClN2O3S. The van der Waals surface area contributed by atoms with E-state index >= 15 is 0 Å². The van der Waals surface area contributed by atoms with E-state index in [4.69, 9.17) is 16.8 Å². The van der Waals surface area contributed by atoms with Crippen molar-refractivity contribution in [3.63, 3.8) is 0 Å². The van der Waals surface area contributed by atoms with Crippen LogP contribution >= 0.6 is 11.6 Å². The highest BCUT2D eigenvalue weighted by Crippen LogP contribution is 2.21. The SMILES string of the molecule is CN(O)S(=O)(=O)c1cnccc1Cl. The monoisotopic (exact) mass is 222 g/mol. The Balaban J connectivity index is 3.32. The largest absolute Gasteiger partial charge is 0.299 e. The van der Waals surface area contributed by atoms with Gasteiger partial charge in [-0.25, -0.2) is 8.42 Å². The Labute approximate surface area is 80.6 Å². The molecule has 0 radical (unpaired) electrons. The Morgan fingerprint density at radius 3 is 2.69 bits per heavy atom. The minimum atomic E-state index is -3.91. The lowest BCUT2D eigenvalue weighted by molar-refractivity contribution is 0.0310. The Morgan fingerprint density at radius 2 is 2.23 bits per heavy atom. The molecule has 0 aliphatic heterocycles. The van der Waals surface area contributed by atoms with E-state index in [1.54, 1.807) is 0 Å². The number of hydrogen-bond acceptors (Lipinski definition) is 4.